The van der Waals surface area contributed by atoms with Crippen LogP contribution in [0.15, 0.2) is 36.4 Å². The Balaban J connectivity index is 2.01. The third-order valence-electron chi connectivity index (χ3n) is 3.53. The second-order valence-corrected chi connectivity index (χ2v) is 6.18. The van der Waals surface area contributed by atoms with Crippen LogP contribution in [0.1, 0.15) is 18.5 Å². The van der Waals surface area contributed by atoms with E-state index in [0.717, 1.165) is 0 Å². The minimum atomic E-state index is -0.605. The molecule has 2 rings (SSSR count). The van der Waals surface area contributed by atoms with E-state index < -0.39 is 10.8 Å². The second kappa shape index (κ2) is 8.73. The number of halogens is 2. The van der Waals surface area contributed by atoms with E-state index >= 15 is 0 Å². The number of carbonyl (C=O) groups is 1. The van der Waals surface area contributed by atoms with Gasteiger partial charge < -0.3 is 14.8 Å². The number of methoxy groups -OCH3 is 1. The molecule has 0 saturated carbocycles. The number of benzene rings is 2. The average Bonchev–Trinajstić information content (AvgIpc) is 2.59. The zero-order chi connectivity index (χ0) is 19.3. The van der Waals surface area contributed by atoms with Gasteiger partial charge in [-0.05, 0) is 36.8 Å². The zero-order valence-electron chi connectivity index (χ0n) is 14.0. The Bertz CT molecular complexity index is 829. The number of amides is 1. The molecule has 0 spiro atoms. The van der Waals surface area contributed by atoms with Gasteiger partial charge in [0.1, 0.15) is 5.75 Å². The summed E-state index contributed by atoms with van der Waals surface area (Å²) in [6.45, 7) is 1.37. The molecule has 2 aromatic carbocycles. The van der Waals surface area contributed by atoms with Crippen molar-refractivity contribution in [3.63, 3.8) is 0 Å². The fourth-order valence-electron chi connectivity index (χ4n) is 2.25. The Morgan fingerprint density at radius 1 is 1.27 bits per heavy atom. The van der Waals surface area contributed by atoms with Gasteiger partial charge in [-0.2, -0.15) is 0 Å². The second-order valence-electron chi connectivity index (χ2n) is 5.33. The van der Waals surface area contributed by atoms with Crippen LogP contribution in [-0.2, 0) is 4.79 Å². The first-order chi connectivity index (χ1) is 12.3. The van der Waals surface area contributed by atoms with Crippen LogP contribution in [0.3, 0.4) is 0 Å². The van der Waals surface area contributed by atoms with Gasteiger partial charge in [-0.3, -0.25) is 14.9 Å². The number of rotatable bonds is 7. The van der Waals surface area contributed by atoms with Crippen molar-refractivity contribution in [2.45, 2.75) is 13.0 Å². The minimum absolute atomic E-state index is 0.0249. The van der Waals surface area contributed by atoms with E-state index in [1.807, 2.05) is 0 Å². The molecule has 1 amide bonds. The molecule has 0 unspecified atom stereocenters. The van der Waals surface area contributed by atoms with Crippen molar-refractivity contribution in [2.75, 3.05) is 13.7 Å². The van der Waals surface area contributed by atoms with Crippen LogP contribution in [0.25, 0.3) is 0 Å². The standard InChI is InChI=1S/C17H16Cl2N2O5/c1-10(13-5-3-11(18)7-14(13)19)20-17(22)9-26-16-6-4-12(25-2)8-15(16)21(23)24/h3-8,10H,9H2,1-2H3,(H,20,22)/t10-/m0/s1. The van der Waals surface area contributed by atoms with E-state index in [9.17, 15) is 14.9 Å². The first-order valence-electron chi connectivity index (χ1n) is 7.51. The predicted octanol–water partition coefficient (Wildman–Crippen LogP) is 4.17. The number of nitrogens with one attached hydrogen (secondary N) is 1. The largest absolute Gasteiger partial charge is 0.496 e. The van der Waals surface area contributed by atoms with Crippen LogP contribution in [0, 0.1) is 10.1 Å². The third-order valence-corrected chi connectivity index (χ3v) is 4.09. The Morgan fingerprint density at radius 3 is 2.62 bits per heavy atom. The molecule has 0 aliphatic rings. The number of hydrogen-bond acceptors (Lipinski definition) is 5. The molecule has 0 aliphatic carbocycles. The van der Waals surface area contributed by atoms with Gasteiger partial charge in [0.2, 0.25) is 0 Å². The van der Waals surface area contributed by atoms with Gasteiger partial charge in [0, 0.05) is 10.0 Å². The van der Waals surface area contributed by atoms with Crippen molar-refractivity contribution in [3.05, 3.63) is 62.1 Å². The molecule has 7 nitrogen and oxygen atoms in total. The Morgan fingerprint density at radius 2 is 2.00 bits per heavy atom. The predicted molar refractivity (Wildman–Crippen MR) is 98.2 cm³/mol. The van der Waals surface area contributed by atoms with Crippen LogP contribution in [0.5, 0.6) is 11.5 Å². The SMILES string of the molecule is COc1ccc(OCC(=O)N[C@@H](C)c2ccc(Cl)cc2Cl)c([N+](=O)[O-])c1. The molecule has 26 heavy (non-hydrogen) atoms. The summed E-state index contributed by atoms with van der Waals surface area (Å²) >= 11 is 12.0. The van der Waals surface area contributed by atoms with Gasteiger partial charge in [-0.15, -0.1) is 0 Å². The highest BCUT2D eigenvalue weighted by molar-refractivity contribution is 6.35. The van der Waals surface area contributed by atoms with Gasteiger partial charge in [-0.1, -0.05) is 29.3 Å². The summed E-state index contributed by atoms with van der Waals surface area (Å²) in [5.41, 5.74) is 0.408. The van der Waals surface area contributed by atoms with E-state index in [-0.39, 0.29) is 24.1 Å². The fourth-order valence-corrected chi connectivity index (χ4v) is 2.82. The van der Waals surface area contributed by atoms with E-state index in [1.165, 1.54) is 25.3 Å². The molecule has 2 aromatic rings. The highest BCUT2D eigenvalue weighted by atomic mass is 35.5. The van der Waals surface area contributed by atoms with Crippen molar-refractivity contribution >= 4 is 34.8 Å². The topological polar surface area (TPSA) is 90.7 Å². The molecular weight excluding hydrogens is 383 g/mol. The average molecular weight is 399 g/mol. The van der Waals surface area contributed by atoms with Gasteiger partial charge in [0.15, 0.2) is 12.4 Å². The zero-order valence-corrected chi connectivity index (χ0v) is 15.5. The molecule has 1 N–H and O–H groups in total. The quantitative estimate of drug-likeness (QED) is 0.558. The number of nitro benzene ring substituents is 1. The highest BCUT2D eigenvalue weighted by Crippen LogP contribution is 2.31. The lowest BCUT2D eigenvalue weighted by molar-refractivity contribution is -0.385. The lowest BCUT2D eigenvalue weighted by Crippen LogP contribution is -2.31. The maximum Gasteiger partial charge on any atom is 0.314 e. The lowest BCUT2D eigenvalue weighted by atomic mass is 10.1. The monoisotopic (exact) mass is 398 g/mol. The molecule has 0 fully saturated rings. The fraction of sp³-hybridized carbons (Fsp3) is 0.235. The third kappa shape index (κ3) is 5.00. The lowest BCUT2D eigenvalue weighted by Gasteiger charge is -2.16. The summed E-state index contributed by atoms with van der Waals surface area (Å²) in [4.78, 5) is 22.6. The molecule has 0 saturated heterocycles. The Labute approximate surface area is 160 Å². The maximum atomic E-state index is 12.1. The summed E-state index contributed by atoms with van der Waals surface area (Å²) in [6, 6.07) is 8.69. The van der Waals surface area contributed by atoms with E-state index in [1.54, 1.807) is 25.1 Å². The molecule has 0 radical (unpaired) electrons. The van der Waals surface area contributed by atoms with Crippen LogP contribution in [0.2, 0.25) is 10.0 Å². The smallest absolute Gasteiger partial charge is 0.314 e. The Kier molecular flexibility index (Phi) is 6.65. The molecule has 0 heterocycles. The van der Waals surface area contributed by atoms with Crippen LogP contribution in [-0.4, -0.2) is 24.5 Å². The molecule has 0 aliphatic heterocycles. The molecule has 0 bridgehead atoms. The molecule has 0 aromatic heterocycles. The van der Waals surface area contributed by atoms with Gasteiger partial charge in [-0.25, -0.2) is 0 Å². The number of nitrogens with zero attached hydrogens (tertiary/aromatic N) is 1. The first-order valence-corrected chi connectivity index (χ1v) is 8.27. The van der Waals surface area contributed by atoms with Crippen molar-refractivity contribution in [3.8, 4) is 11.5 Å². The Hall–Kier alpha value is -2.51. The van der Waals surface area contributed by atoms with E-state index in [4.69, 9.17) is 32.7 Å². The van der Waals surface area contributed by atoms with Crippen LogP contribution < -0.4 is 14.8 Å². The first kappa shape index (κ1) is 19.8. The van der Waals surface area contributed by atoms with Gasteiger partial charge in [0.25, 0.3) is 5.91 Å². The summed E-state index contributed by atoms with van der Waals surface area (Å²) < 4.78 is 10.2. The number of carbonyl (C=O) groups excluding carboxylic acids is 1. The molecule has 138 valence electrons. The normalized spacial score (nSPS) is 11.5. The van der Waals surface area contributed by atoms with Gasteiger partial charge in [0.05, 0.1) is 24.1 Å². The van der Waals surface area contributed by atoms with Crippen molar-refractivity contribution in [1.29, 1.82) is 0 Å². The summed E-state index contributed by atoms with van der Waals surface area (Å²) in [5.74, 6) is -0.156. The number of nitro groups is 1. The summed E-state index contributed by atoms with van der Waals surface area (Å²) in [6.07, 6.45) is 0. The minimum Gasteiger partial charge on any atom is -0.496 e. The van der Waals surface area contributed by atoms with E-state index in [0.29, 0.717) is 21.4 Å². The number of ether oxygens (including phenoxy) is 2. The van der Waals surface area contributed by atoms with Crippen molar-refractivity contribution in [2.24, 2.45) is 0 Å². The molecular formula is C17H16Cl2N2O5. The van der Waals surface area contributed by atoms with Gasteiger partial charge >= 0.3 is 5.69 Å². The molecule has 9 heteroatoms. The number of hydrogen-bond donors (Lipinski definition) is 1. The van der Waals surface area contributed by atoms with Crippen LogP contribution >= 0.6 is 23.2 Å². The summed E-state index contributed by atoms with van der Waals surface area (Å²) in [7, 11) is 1.40. The van der Waals surface area contributed by atoms with Crippen molar-refractivity contribution in [1.82, 2.24) is 5.32 Å². The van der Waals surface area contributed by atoms with Crippen molar-refractivity contribution < 1.29 is 19.2 Å². The summed E-state index contributed by atoms with van der Waals surface area (Å²) in [5, 5.41) is 14.7. The highest BCUT2D eigenvalue weighted by Gasteiger charge is 2.19. The van der Waals surface area contributed by atoms with Crippen LogP contribution in [0.4, 0.5) is 5.69 Å². The maximum absolute atomic E-state index is 12.1. The van der Waals surface area contributed by atoms with E-state index in [2.05, 4.69) is 5.32 Å². The molecule has 1 atom stereocenters.